The topological polar surface area (TPSA) is 32.8 Å². The highest BCUT2D eigenvalue weighted by atomic mass is 16.6. The van der Waals surface area contributed by atoms with Crippen molar-refractivity contribution in [3.05, 3.63) is 35.4 Å². The van der Waals surface area contributed by atoms with Gasteiger partial charge in [-0.2, -0.15) is 0 Å². The van der Waals surface area contributed by atoms with Gasteiger partial charge in [0.1, 0.15) is 5.75 Å². The Kier molecular flexibility index (Phi) is 13.1. The van der Waals surface area contributed by atoms with Crippen LogP contribution in [0.5, 0.6) is 5.75 Å². The zero-order valence-corrected chi connectivity index (χ0v) is 16.4. The van der Waals surface area contributed by atoms with Crippen molar-refractivity contribution in [3.8, 4) is 5.75 Å². The molecule has 1 aromatic carbocycles. The van der Waals surface area contributed by atoms with Crippen LogP contribution in [0.3, 0.4) is 0 Å². The average molecular weight is 347 g/mol. The Bertz CT molecular complexity index is 460. The second-order valence-electron chi connectivity index (χ2n) is 6.89. The number of rotatable bonds is 12. The summed E-state index contributed by atoms with van der Waals surface area (Å²) in [6.45, 7) is 6.27. The smallest absolute Gasteiger partial charge is 0.123 e. The molecule has 1 aliphatic rings. The van der Waals surface area contributed by atoms with Crippen molar-refractivity contribution in [2.45, 2.75) is 84.5 Å². The monoisotopic (exact) mass is 346 g/mol. The predicted octanol–water partition coefficient (Wildman–Crippen LogP) is 6.91. The van der Waals surface area contributed by atoms with Crippen molar-refractivity contribution < 1.29 is 9.84 Å². The summed E-state index contributed by atoms with van der Waals surface area (Å²) in [5.41, 5.74) is 2.28. The molecule has 1 fully saturated rings. The van der Waals surface area contributed by atoms with Crippen molar-refractivity contribution in [1.29, 1.82) is 0 Å². The number of phenols is 1. The molecule has 0 radical (unpaired) electrons. The number of phenolic OH excluding ortho intramolecular Hbond substituents is 1. The number of unbranched alkanes of at least 4 members (excludes halogenated alkanes) is 9. The quantitative estimate of drug-likeness (QED) is 0.329. The Labute approximate surface area is 155 Å². The van der Waals surface area contributed by atoms with Crippen LogP contribution >= 0.6 is 0 Å². The Balaban J connectivity index is 0.000000934. The van der Waals surface area contributed by atoms with Crippen LogP contribution < -0.4 is 0 Å². The van der Waals surface area contributed by atoms with Crippen LogP contribution in [0.2, 0.25) is 0 Å². The number of hydrogen-bond acceptors (Lipinski definition) is 2. The summed E-state index contributed by atoms with van der Waals surface area (Å²) in [4.78, 5) is 0. The molecule has 25 heavy (non-hydrogen) atoms. The SMILES string of the molecule is C1CO1.CC=Cc1c(O)cccc1CCCCCCCCCCCC. The molecule has 0 atom stereocenters. The van der Waals surface area contributed by atoms with E-state index in [9.17, 15) is 5.11 Å². The van der Waals surface area contributed by atoms with E-state index in [4.69, 9.17) is 0 Å². The summed E-state index contributed by atoms with van der Waals surface area (Å²) in [5, 5.41) is 9.93. The normalized spacial score (nSPS) is 12.9. The van der Waals surface area contributed by atoms with Gasteiger partial charge in [0.2, 0.25) is 0 Å². The second-order valence-corrected chi connectivity index (χ2v) is 6.89. The molecule has 0 spiro atoms. The summed E-state index contributed by atoms with van der Waals surface area (Å²) in [7, 11) is 0. The summed E-state index contributed by atoms with van der Waals surface area (Å²) in [6, 6.07) is 5.87. The molecule has 0 unspecified atom stereocenters. The van der Waals surface area contributed by atoms with Crippen LogP contribution in [0.25, 0.3) is 6.08 Å². The third kappa shape index (κ3) is 11.8. The Morgan fingerprint density at radius 2 is 1.48 bits per heavy atom. The van der Waals surface area contributed by atoms with Crippen molar-refractivity contribution in [2.75, 3.05) is 13.2 Å². The minimum Gasteiger partial charge on any atom is -0.507 e. The zero-order valence-electron chi connectivity index (χ0n) is 16.4. The maximum absolute atomic E-state index is 9.93. The molecule has 1 aromatic rings. The van der Waals surface area contributed by atoms with E-state index in [-0.39, 0.29) is 0 Å². The number of benzene rings is 1. The number of ether oxygens (including phenoxy) is 1. The summed E-state index contributed by atoms with van der Waals surface area (Å²) in [5.74, 6) is 0.405. The number of epoxide rings is 1. The molecule has 0 saturated carbocycles. The lowest BCUT2D eigenvalue weighted by molar-refractivity contribution is 0.473. The first-order valence-corrected chi connectivity index (χ1v) is 10.3. The third-order valence-corrected chi connectivity index (χ3v) is 4.51. The standard InChI is InChI=1S/C21H34O.C2H4O/c1-3-5-6-7-8-9-10-11-12-13-16-19-17-14-18-21(22)20(19)15-4-2;1-2-3-1/h4,14-15,17-18,22H,3,5-13,16H2,1-2H3;1-2H2. The first-order valence-electron chi connectivity index (χ1n) is 10.3. The fourth-order valence-corrected chi connectivity index (χ4v) is 2.98. The molecule has 2 rings (SSSR count). The summed E-state index contributed by atoms with van der Waals surface area (Å²) < 4.78 is 4.50. The molecule has 0 amide bonds. The Morgan fingerprint density at radius 3 is 2.00 bits per heavy atom. The minimum absolute atomic E-state index is 0.405. The Morgan fingerprint density at radius 1 is 0.920 bits per heavy atom. The van der Waals surface area contributed by atoms with E-state index in [2.05, 4.69) is 17.7 Å². The van der Waals surface area contributed by atoms with E-state index in [0.29, 0.717) is 5.75 Å². The van der Waals surface area contributed by atoms with Crippen LogP contribution in [0, 0.1) is 0 Å². The van der Waals surface area contributed by atoms with Gasteiger partial charge in [0.15, 0.2) is 0 Å². The second kappa shape index (κ2) is 15.0. The van der Waals surface area contributed by atoms with Gasteiger partial charge in [-0.1, -0.05) is 89.0 Å². The van der Waals surface area contributed by atoms with Gasteiger partial charge in [-0.25, -0.2) is 0 Å². The van der Waals surface area contributed by atoms with Crippen molar-refractivity contribution in [1.82, 2.24) is 0 Å². The molecule has 142 valence electrons. The molecule has 1 saturated heterocycles. The molecule has 0 aromatic heterocycles. The van der Waals surface area contributed by atoms with Crippen LogP contribution in [-0.2, 0) is 11.2 Å². The molecule has 2 nitrogen and oxygen atoms in total. The highest BCUT2D eigenvalue weighted by Crippen LogP contribution is 2.24. The fourth-order valence-electron chi connectivity index (χ4n) is 2.98. The minimum atomic E-state index is 0.405. The van der Waals surface area contributed by atoms with E-state index >= 15 is 0 Å². The maximum Gasteiger partial charge on any atom is 0.123 e. The van der Waals surface area contributed by atoms with Crippen LogP contribution in [0.1, 0.15) is 89.2 Å². The number of hydrogen-bond donors (Lipinski definition) is 1. The summed E-state index contributed by atoms with van der Waals surface area (Å²) >= 11 is 0. The molecule has 0 aliphatic carbocycles. The van der Waals surface area contributed by atoms with E-state index < -0.39 is 0 Å². The zero-order chi connectivity index (χ0) is 18.2. The number of aromatic hydroxyl groups is 1. The van der Waals surface area contributed by atoms with Gasteiger partial charge in [-0.3, -0.25) is 0 Å². The van der Waals surface area contributed by atoms with Crippen molar-refractivity contribution in [3.63, 3.8) is 0 Å². The Hall–Kier alpha value is -1.28. The first-order chi connectivity index (χ1) is 12.3. The molecule has 1 aliphatic heterocycles. The molecule has 2 heteroatoms. The van der Waals surface area contributed by atoms with E-state index in [1.54, 1.807) is 6.07 Å². The van der Waals surface area contributed by atoms with Gasteiger partial charge in [0, 0.05) is 5.56 Å². The highest BCUT2D eigenvalue weighted by Gasteiger charge is 2.04. The maximum atomic E-state index is 9.93. The largest absolute Gasteiger partial charge is 0.507 e. The van der Waals surface area contributed by atoms with E-state index in [1.807, 2.05) is 25.1 Å². The molecular weight excluding hydrogens is 308 g/mol. The van der Waals surface area contributed by atoms with E-state index in [0.717, 1.165) is 25.2 Å². The van der Waals surface area contributed by atoms with Crippen LogP contribution in [-0.4, -0.2) is 18.3 Å². The first kappa shape index (κ1) is 21.8. The lowest BCUT2D eigenvalue weighted by Crippen LogP contribution is -1.91. The van der Waals surface area contributed by atoms with Gasteiger partial charge in [-0.05, 0) is 31.4 Å². The lowest BCUT2D eigenvalue weighted by Gasteiger charge is -2.08. The number of allylic oxidation sites excluding steroid dienone is 1. The van der Waals surface area contributed by atoms with Gasteiger partial charge < -0.3 is 9.84 Å². The summed E-state index contributed by atoms with van der Waals surface area (Å²) in [6.07, 6.45) is 18.7. The van der Waals surface area contributed by atoms with Crippen molar-refractivity contribution >= 4 is 6.08 Å². The predicted molar refractivity (Wildman–Crippen MR) is 109 cm³/mol. The van der Waals surface area contributed by atoms with Gasteiger partial charge in [-0.15, -0.1) is 0 Å². The van der Waals surface area contributed by atoms with E-state index in [1.165, 1.54) is 69.8 Å². The lowest BCUT2D eigenvalue weighted by atomic mass is 9.99. The fraction of sp³-hybridized carbons (Fsp3) is 0.652. The third-order valence-electron chi connectivity index (χ3n) is 4.51. The molecular formula is C23H38O2. The molecule has 0 bridgehead atoms. The average Bonchev–Trinajstić information content (AvgIpc) is 3.48. The van der Waals surface area contributed by atoms with Crippen LogP contribution in [0.15, 0.2) is 24.3 Å². The van der Waals surface area contributed by atoms with Gasteiger partial charge in [0.05, 0.1) is 13.2 Å². The molecule has 1 heterocycles. The van der Waals surface area contributed by atoms with Crippen molar-refractivity contribution in [2.24, 2.45) is 0 Å². The highest BCUT2D eigenvalue weighted by molar-refractivity contribution is 5.60. The molecule has 1 N–H and O–H groups in total. The van der Waals surface area contributed by atoms with Crippen LogP contribution in [0.4, 0.5) is 0 Å². The van der Waals surface area contributed by atoms with Gasteiger partial charge >= 0.3 is 0 Å². The number of aryl methyl sites for hydroxylation is 1. The van der Waals surface area contributed by atoms with Gasteiger partial charge in [0.25, 0.3) is 0 Å².